The molecule has 2 aromatic rings. The summed E-state index contributed by atoms with van der Waals surface area (Å²) in [6.45, 7) is 3.33. The predicted molar refractivity (Wildman–Crippen MR) is 65.4 cm³/mol. The zero-order chi connectivity index (χ0) is 12.3. The van der Waals surface area contributed by atoms with Crippen molar-refractivity contribution in [2.45, 2.75) is 6.92 Å². The standard InChI is InChI=1S/C11H17N5O/c1-9-8-16(10-4-6-15(2)14-10)11(13-9)12-5-7-17-3/h4,6,8H,5,7H2,1-3H3,(H,12,13). The van der Waals surface area contributed by atoms with Crippen LogP contribution < -0.4 is 5.32 Å². The fourth-order valence-corrected chi connectivity index (χ4v) is 1.59. The van der Waals surface area contributed by atoms with Crippen molar-refractivity contribution < 1.29 is 4.74 Å². The van der Waals surface area contributed by atoms with Gasteiger partial charge in [-0.15, -0.1) is 0 Å². The first-order valence-electron chi connectivity index (χ1n) is 5.49. The Kier molecular flexibility index (Phi) is 3.43. The van der Waals surface area contributed by atoms with E-state index >= 15 is 0 Å². The number of methoxy groups -OCH3 is 1. The highest BCUT2D eigenvalue weighted by atomic mass is 16.5. The molecule has 0 saturated carbocycles. The normalized spacial score (nSPS) is 10.8. The van der Waals surface area contributed by atoms with E-state index in [4.69, 9.17) is 4.74 Å². The number of imidazole rings is 1. The van der Waals surface area contributed by atoms with Gasteiger partial charge in [-0.3, -0.25) is 9.25 Å². The second kappa shape index (κ2) is 5.01. The van der Waals surface area contributed by atoms with Crippen molar-refractivity contribution in [2.24, 2.45) is 7.05 Å². The molecule has 0 spiro atoms. The minimum Gasteiger partial charge on any atom is -0.383 e. The van der Waals surface area contributed by atoms with Gasteiger partial charge in [0.15, 0.2) is 5.82 Å². The number of nitrogens with zero attached hydrogens (tertiary/aromatic N) is 4. The fourth-order valence-electron chi connectivity index (χ4n) is 1.59. The Labute approximate surface area is 100 Å². The maximum Gasteiger partial charge on any atom is 0.209 e. The van der Waals surface area contributed by atoms with Crippen molar-refractivity contribution in [1.82, 2.24) is 19.3 Å². The zero-order valence-electron chi connectivity index (χ0n) is 10.3. The maximum atomic E-state index is 5.00. The molecular weight excluding hydrogens is 218 g/mol. The summed E-state index contributed by atoms with van der Waals surface area (Å²) in [5, 5.41) is 7.57. The largest absolute Gasteiger partial charge is 0.383 e. The highest BCUT2D eigenvalue weighted by Gasteiger charge is 2.08. The summed E-state index contributed by atoms with van der Waals surface area (Å²) in [4.78, 5) is 4.42. The molecule has 0 aliphatic rings. The van der Waals surface area contributed by atoms with E-state index < -0.39 is 0 Å². The van der Waals surface area contributed by atoms with Crippen molar-refractivity contribution in [2.75, 3.05) is 25.6 Å². The van der Waals surface area contributed by atoms with Gasteiger partial charge >= 0.3 is 0 Å². The molecule has 92 valence electrons. The predicted octanol–water partition coefficient (Wildman–Crippen LogP) is 0.973. The van der Waals surface area contributed by atoms with Crippen molar-refractivity contribution in [1.29, 1.82) is 0 Å². The van der Waals surface area contributed by atoms with Crippen LogP contribution in [0.5, 0.6) is 0 Å². The van der Waals surface area contributed by atoms with Crippen LogP contribution in [-0.4, -0.2) is 39.6 Å². The molecular formula is C11H17N5O. The van der Waals surface area contributed by atoms with Gasteiger partial charge in [0.05, 0.1) is 12.3 Å². The minimum atomic E-state index is 0.647. The SMILES string of the molecule is COCCNc1nc(C)cn1-c1ccn(C)n1. The fraction of sp³-hybridized carbons (Fsp3) is 0.455. The van der Waals surface area contributed by atoms with E-state index in [0.29, 0.717) is 6.61 Å². The Morgan fingerprint density at radius 3 is 2.94 bits per heavy atom. The first-order chi connectivity index (χ1) is 8.20. The van der Waals surface area contributed by atoms with Gasteiger partial charge in [-0.05, 0) is 6.92 Å². The average molecular weight is 235 g/mol. The summed E-state index contributed by atoms with van der Waals surface area (Å²) >= 11 is 0. The first kappa shape index (κ1) is 11.7. The van der Waals surface area contributed by atoms with E-state index in [1.807, 2.05) is 37.0 Å². The number of hydrogen-bond donors (Lipinski definition) is 1. The third-order valence-electron chi connectivity index (χ3n) is 2.36. The lowest BCUT2D eigenvalue weighted by Crippen LogP contribution is -2.12. The third kappa shape index (κ3) is 2.65. The molecule has 17 heavy (non-hydrogen) atoms. The van der Waals surface area contributed by atoms with Gasteiger partial charge in [0.1, 0.15) is 0 Å². The molecule has 0 radical (unpaired) electrons. The average Bonchev–Trinajstić information content (AvgIpc) is 2.85. The van der Waals surface area contributed by atoms with Crippen molar-refractivity contribution >= 4 is 5.95 Å². The lowest BCUT2D eigenvalue weighted by atomic mass is 10.5. The lowest BCUT2D eigenvalue weighted by Gasteiger charge is -2.06. The highest BCUT2D eigenvalue weighted by molar-refractivity contribution is 5.38. The molecule has 0 aliphatic carbocycles. The van der Waals surface area contributed by atoms with E-state index in [1.54, 1.807) is 11.8 Å². The van der Waals surface area contributed by atoms with Gasteiger partial charge in [-0.25, -0.2) is 4.98 Å². The molecule has 6 heteroatoms. The molecule has 0 saturated heterocycles. The summed E-state index contributed by atoms with van der Waals surface area (Å²) in [5.41, 5.74) is 0.954. The van der Waals surface area contributed by atoms with E-state index in [0.717, 1.165) is 24.0 Å². The molecule has 0 unspecified atom stereocenters. The summed E-state index contributed by atoms with van der Waals surface area (Å²) in [7, 11) is 3.57. The second-order valence-electron chi connectivity index (χ2n) is 3.84. The first-order valence-corrected chi connectivity index (χ1v) is 5.49. The number of aromatic nitrogens is 4. The van der Waals surface area contributed by atoms with Crippen molar-refractivity contribution in [3.8, 4) is 5.82 Å². The molecule has 0 fully saturated rings. The molecule has 2 rings (SSSR count). The topological polar surface area (TPSA) is 56.9 Å². The van der Waals surface area contributed by atoms with Gasteiger partial charge in [-0.2, -0.15) is 5.10 Å². The number of hydrogen-bond acceptors (Lipinski definition) is 4. The summed E-state index contributed by atoms with van der Waals surface area (Å²) in [6.07, 6.45) is 3.86. The van der Waals surface area contributed by atoms with Crippen LogP contribution in [-0.2, 0) is 11.8 Å². The van der Waals surface area contributed by atoms with Crippen LogP contribution in [0.15, 0.2) is 18.5 Å². The Balaban J connectivity index is 2.21. The van der Waals surface area contributed by atoms with Crippen LogP contribution in [0.3, 0.4) is 0 Å². The zero-order valence-corrected chi connectivity index (χ0v) is 10.3. The molecule has 2 heterocycles. The van der Waals surface area contributed by atoms with E-state index in [2.05, 4.69) is 15.4 Å². The van der Waals surface area contributed by atoms with Gasteiger partial charge in [0, 0.05) is 39.2 Å². The number of ether oxygens (including phenoxy) is 1. The molecule has 2 aromatic heterocycles. The number of anilines is 1. The summed E-state index contributed by atoms with van der Waals surface area (Å²) in [5.74, 6) is 1.64. The van der Waals surface area contributed by atoms with Crippen LogP contribution in [0.25, 0.3) is 5.82 Å². The Morgan fingerprint density at radius 2 is 2.29 bits per heavy atom. The van der Waals surface area contributed by atoms with Gasteiger partial charge < -0.3 is 10.1 Å². The van der Waals surface area contributed by atoms with E-state index in [-0.39, 0.29) is 0 Å². The Hall–Kier alpha value is -1.82. The minimum absolute atomic E-state index is 0.647. The van der Waals surface area contributed by atoms with Crippen LogP contribution in [0.4, 0.5) is 5.95 Å². The maximum absolute atomic E-state index is 5.00. The van der Waals surface area contributed by atoms with E-state index in [9.17, 15) is 0 Å². The quantitative estimate of drug-likeness (QED) is 0.785. The van der Waals surface area contributed by atoms with E-state index in [1.165, 1.54) is 0 Å². The van der Waals surface area contributed by atoms with Crippen LogP contribution in [0, 0.1) is 6.92 Å². The molecule has 0 bridgehead atoms. The van der Waals surface area contributed by atoms with Gasteiger partial charge in [-0.1, -0.05) is 0 Å². The lowest BCUT2D eigenvalue weighted by molar-refractivity contribution is 0.210. The monoisotopic (exact) mass is 235 g/mol. The van der Waals surface area contributed by atoms with Gasteiger partial charge in [0.25, 0.3) is 0 Å². The van der Waals surface area contributed by atoms with Crippen LogP contribution in [0.2, 0.25) is 0 Å². The highest BCUT2D eigenvalue weighted by Crippen LogP contribution is 2.14. The number of rotatable bonds is 5. The van der Waals surface area contributed by atoms with Crippen molar-refractivity contribution in [3.63, 3.8) is 0 Å². The Bertz CT molecular complexity index is 488. The Morgan fingerprint density at radius 1 is 1.47 bits per heavy atom. The van der Waals surface area contributed by atoms with Crippen molar-refractivity contribution in [3.05, 3.63) is 24.2 Å². The summed E-state index contributed by atoms with van der Waals surface area (Å²) < 4.78 is 8.70. The molecule has 0 amide bonds. The van der Waals surface area contributed by atoms with Crippen LogP contribution in [0.1, 0.15) is 5.69 Å². The molecule has 6 nitrogen and oxygen atoms in total. The summed E-state index contributed by atoms with van der Waals surface area (Å²) in [6, 6.07) is 1.95. The molecule has 0 aromatic carbocycles. The third-order valence-corrected chi connectivity index (χ3v) is 2.36. The number of aryl methyl sites for hydroxylation is 2. The smallest absolute Gasteiger partial charge is 0.209 e. The second-order valence-corrected chi connectivity index (χ2v) is 3.84. The number of nitrogens with one attached hydrogen (secondary N) is 1. The molecule has 0 atom stereocenters. The van der Waals surface area contributed by atoms with Gasteiger partial charge in [0.2, 0.25) is 5.95 Å². The molecule has 0 aliphatic heterocycles. The van der Waals surface area contributed by atoms with Crippen LogP contribution >= 0.6 is 0 Å². The molecule has 1 N–H and O–H groups in total.